The molecule has 2 atom stereocenters. The highest BCUT2D eigenvalue weighted by molar-refractivity contribution is 6.04. The van der Waals surface area contributed by atoms with Crippen LogP contribution in [0.1, 0.15) is 220 Å². The van der Waals surface area contributed by atoms with Crippen LogP contribution in [0.5, 0.6) is 23.0 Å². The largest absolute Gasteiger partial charge is 0.491 e. The molecule has 0 aliphatic carbocycles. The number of nitrogens with one attached hydrogen (secondary N) is 6. The number of guanidine groups is 2. The molecule has 0 spiro atoms. The first kappa shape index (κ1) is 92.0. The summed E-state index contributed by atoms with van der Waals surface area (Å²) in [6.07, 6.45) is -5.06. The van der Waals surface area contributed by atoms with Gasteiger partial charge in [-0.3, -0.25) is 40.4 Å². The minimum atomic E-state index is -1.57. The van der Waals surface area contributed by atoms with Gasteiger partial charge in [-0.05, 0) is 239 Å². The van der Waals surface area contributed by atoms with Gasteiger partial charge in [-0.25, -0.2) is 48.3 Å². The Morgan fingerprint density at radius 1 is 0.315 bits per heavy atom. The Morgan fingerprint density at radius 3 is 0.838 bits per heavy atom. The van der Waals surface area contributed by atoms with Gasteiger partial charge in [0, 0.05) is 23.3 Å². The first-order chi connectivity index (χ1) is 50.8. The van der Waals surface area contributed by atoms with Gasteiger partial charge in [0.25, 0.3) is 11.8 Å². The Hall–Kier alpha value is -11.4. The molecule has 0 heterocycles. The number of esters is 6. The summed E-state index contributed by atoms with van der Waals surface area (Å²) in [5, 5.41) is 14.5. The van der Waals surface area contributed by atoms with Gasteiger partial charge < -0.3 is 72.2 Å². The molecule has 0 aliphatic rings. The topological polar surface area (TPSA) is 422 Å². The number of alkyl carbamates (subject to hydrolysis) is 4. The predicted molar refractivity (Wildman–Crippen MR) is 404 cm³/mol. The number of amides is 6. The minimum absolute atomic E-state index is 0.0463. The molecular formula is C78H106N8O25. The molecule has 33 nitrogen and oxygen atoms in total. The lowest BCUT2D eigenvalue weighted by molar-refractivity contribution is -0.164. The lowest BCUT2D eigenvalue weighted by atomic mass is 10.1. The van der Waals surface area contributed by atoms with E-state index in [1.807, 2.05) is 0 Å². The molecule has 0 saturated carbocycles. The lowest BCUT2D eigenvalue weighted by Gasteiger charge is -2.26. The third kappa shape index (κ3) is 38.5. The molecule has 0 fully saturated rings. The standard InChI is InChI=1S/C78H106N8O25/c1-71(2,3)104-57(87)43-55(63(93)106-73(7,8)9)81-59(89)47-37-51(41-53(39-47)102-61(91)45-25-29-49(30-26-45)79-65(83-67(95)108-75(13,14)15)84-68(96)109-76(16,17)18)100-35-33-99-34-36-101-52-38-48(60(90)82-56(64(94)107-74(10,11)12)44-58(88)105-72(4,5)6)40-54(42-52)103-62(92)46-27-31-50(32-28-46)80-66(85-69(97)110-77(19,20)21)86-70(98)111-78(22,23)24/h25-32,37-42,55-56H,33-36,43-44H2,1-24H3,(H,81,89)(H,82,90)(H2,79,83,84,95,96)(H2,80,85,86,97,98)/t55-,56-/m1/s1. The number of carbonyl (C=O) groups excluding carboxylic acids is 12. The zero-order valence-electron chi connectivity index (χ0n) is 67.6. The molecule has 0 bridgehead atoms. The van der Waals surface area contributed by atoms with Gasteiger partial charge in [-0.15, -0.1) is 0 Å². The maximum absolute atomic E-state index is 14.3. The van der Waals surface area contributed by atoms with E-state index >= 15 is 0 Å². The smallest absolute Gasteiger partial charge is 0.414 e. The Balaban J connectivity index is 1.67. The van der Waals surface area contributed by atoms with Crippen LogP contribution >= 0.6 is 0 Å². The summed E-state index contributed by atoms with van der Waals surface area (Å²) >= 11 is 0. The zero-order valence-corrected chi connectivity index (χ0v) is 67.6. The molecular weight excluding hydrogens is 1450 g/mol. The highest BCUT2D eigenvalue weighted by Crippen LogP contribution is 2.29. The van der Waals surface area contributed by atoms with Gasteiger partial charge in [-0.1, -0.05) is 0 Å². The normalized spacial score (nSPS) is 12.4. The summed E-state index contributed by atoms with van der Waals surface area (Å²) in [5.41, 5.74) is -7.98. The predicted octanol–water partition coefficient (Wildman–Crippen LogP) is 12.0. The highest BCUT2D eigenvalue weighted by Gasteiger charge is 2.35. The number of carbonyl (C=O) groups is 12. The van der Waals surface area contributed by atoms with Crippen molar-refractivity contribution >= 4 is 95.3 Å². The van der Waals surface area contributed by atoms with Gasteiger partial charge in [0.05, 0.1) is 48.6 Å². The van der Waals surface area contributed by atoms with Crippen molar-refractivity contribution in [1.29, 1.82) is 0 Å². The van der Waals surface area contributed by atoms with E-state index in [0.29, 0.717) is 0 Å². The average molecular weight is 1560 g/mol. The molecule has 608 valence electrons. The van der Waals surface area contributed by atoms with Gasteiger partial charge in [0.15, 0.2) is 0 Å². The summed E-state index contributed by atoms with van der Waals surface area (Å²) in [7, 11) is 0. The molecule has 111 heavy (non-hydrogen) atoms. The fourth-order valence-electron chi connectivity index (χ4n) is 8.65. The first-order valence-electron chi connectivity index (χ1n) is 35.3. The van der Waals surface area contributed by atoms with Crippen LogP contribution < -0.4 is 50.8 Å². The van der Waals surface area contributed by atoms with E-state index in [1.54, 1.807) is 166 Å². The Bertz CT molecular complexity index is 3730. The van der Waals surface area contributed by atoms with E-state index < -0.39 is 142 Å². The van der Waals surface area contributed by atoms with Crippen LogP contribution in [-0.2, 0) is 61.8 Å². The summed E-state index contributed by atoms with van der Waals surface area (Å²) in [6, 6.07) is 15.0. The molecule has 4 aromatic carbocycles. The first-order valence-corrected chi connectivity index (χ1v) is 35.3. The summed E-state index contributed by atoms with van der Waals surface area (Å²) < 4.78 is 72.8. The maximum atomic E-state index is 14.3. The third-order valence-corrected chi connectivity index (χ3v) is 12.4. The minimum Gasteiger partial charge on any atom is -0.491 e. The van der Waals surface area contributed by atoms with E-state index in [-0.39, 0.29) is 95.0 Å². The number of rotatable bonds is 24. The lowest BCUT2D eigenvalue weighted by Crippen LogP contribution is -2.47. The number of ether oxygens (including phenoxy) is 13. The van der Waals surface area contributed by atoms with E-state index in [2.05, 4.69) is 41.9 Å². The van der Waals surface area contributed by atoms with Gasteiger partial charge in [0.1, 0.15) is 93.1 Å². The molecule has 0 aliphatic heterocycles. The van der Waals surface area contributed by atoms with Gasteiger partial charge >= 0.3 is 60.2 Å². The van der Waals surface area contributed by atoms with Crippen LogP contribution in [0.15, 0.2) is 94.9 Å². The van der Waals surface area contributed by atoms with Crippen molar-refractivity contribution in [2.24, 2.45) is 9.98 Å². The number of hydrogen-bond donors (Lipinski definition) is 6. The van der Waals surface area contributed by atoms with Crippen LogP contribution in [0.4, 0.5) is 30.6 Å². The maximum Gasteiger partial charge on any atom is 0.414 e. The van der Waals surface area contributed by atoms with Gasteiger partial charge in [0.2, 0.25) is 11.9 Å². The molecule has 4 rings (SSSR count). The van der Waals surface area contributed by atoms with E-state index in [4.69, 9.17) is 61.6 Å². The molecule has 0 radical (unpaired) electrons. The van der Waals surface area contributed by atoms with Gasteiger partial charge in [-0.2, -0.15) is 0 Å². The highest BCUT2D eigenvalue weighted by atomic mass is 16.6. The summed E-state index contributed by atoms with van der Waals surface area (Å²) in [6.45, 7) is 38.1. The van der Waals surface area contributed by atoms with Crippen molar-refractivity contribution in [1.82, 2.24) is 31.9 Å². The third-order valence-electron chi connectivity index (χ3n) is 12.4. The molecule has 6 N–H and O–H groups in total. The van der Waals surface area contributed by atoms with Crippen molar-refractivity contribution in [3.63, 3.8) is 0 Å². The second-order valence-corrected chi connectivity index (χ2v) is 32.7. The van der Waals surface area contributed by atoms with Crippen molar-refractivity contribution in [2.45, 2.75) is 236 Å². The fourth-order valence-corrected chi connectivity index (χ4v) is 8.65. The van der Waals surface area contributed by atoms with Crippen LogP contribution in [0.25, 0.3) is 0 Å². The SMILES string of the molecule is CC(C)(C)OC(=O)C[C@@H](NC(=O)c1cc(OCCOCCOc2cc(OC(=O)c3ccc(N=C(NC(=O)OC(C)(C)C)NC(=O)OC(C)(C)C)cc3)cc(C(=O)N[C@H](CC(=O)OC(C)(C)C)C(=O)OC(C)(C)C)c2)cc(OC(=O)c2ccc(N=C(NC(=O)OC(C)(C)C)NC(=O)OC(C)(C)C)cc2)c1)C(=O)OC(C)(C)C. The molecule has 0 saturated heterocycles. The van der Waals surface area contributed by atoms with Crippen molar-refractivity contribution < 1.29 is 119 Å². The Kier molecular flexibility index (Phi) is 32.2. The van der Waals surface area contributed by atoms with Crippen LogP contribution in [-0.4, -0.2) is 167 Å². The van der Waals surface area contributed by atoms with Crippen LogP contribution in [0.2, 0.25) is 0 Å². The number of hydrogen-bond acceptors (Lipinski definition) is 27. The molecule has 0 aromatic heterocycles. The zero-order chi connectivity index (χ0) is 84.0. The monoisotopic (exact) mass is 1550 g/mol. The Morgan fingerprint density at radius 2 is 0.577 bits per heavy atom. The summed E-state index contributed by atoms with van der Waals surface area (Å²) in [5.74, 6) is -8.72. The van der Waals surface area contributed by atoms with Crippen LogP contribution in [0, 0.1) is 0 Å². The fraction of sp³-hybridized carbons (Fsp3) is 0.513. The molecule has 33 heteroatoms. The molecule has 4 aromatic rings. The van der Waals surface area contributed by atoms with E-state index in [1.165, 1.54) is 84.9 Å². The van der Waals surface area contributed by atoms with E-state index in [9.17, 15) is 57.5 Å². The van der Waals surface area contributed by atoms with Crippen molar-refractivity contribution in [3.8, 4) is 23.0 Å². The second-order valence-electron chi connectivity index (χ2n) is 32.7. The number of aliphatic imine (C=N–C) groups is 2. The van der Waals surface area contributed by atoms with Crippen LogP contribution in [0.3, 0.4) is 0 Å². The Labute approximate surface area is 646 Å². The second kappa shape index (κ2) is 38.8. The van der Waals surface area contributed by atoms with Crippen molar-refractivity contribution in [3.05, 3.63) is 107 Å². The number of benzene rings is 4. The molecule has 0 unspecified atom stereocenters. The number of nitrogens with zero attached hydrogens (tertiary/aromatic N) is 2. The van der Waals surface area contributed by atoms with Crippen molar-refractivity contribution in [2.75, 3.05) is 26.4 Å². The average Bonchev–Trinajstić information content (AvgIpc) is 0.831. The van der Waals surface area contributed by atoms with E-state index in [0.717, 1.165) is 0 Å². The quantitative estimate of drug-likeness (QED) is 0.00947. The summed E-state index contributed by atoms with van der Waals surface area (Å²) in [4.78, 5) is 169. The molecule has 6 amide bonds.